The molecule has 0 radical (unpaired) electrons. The first-order valence-corrected chi connectivity index (χ1v) is 9.05. The topological polar surface area (TPSA) is 46.2 Å². The van der Waals surface area contributed by atoms with E-state index in [-0.39, 0.29) is 14.9 Å². The first-order valence-electron chi connectivity index (χ1n) is 5.64. The van der Waals surface area contributed by atoms with Crippen LogP contribution in [0.5, 0.6) is 0 Å². The molecule has 0 amide bonds. The van der Waals surface area contributed by atoms with Crippen LogP contribution in [0.4, 0.5) is 5.69 Å². The van der Waals surface area contributed by atoms with Gasteiger partial charge in [0.2, 0.25) is 0 Å². The van der Waals surface area contributed by atoms with E-state index in [4.69, 9.17) is 34.8 Å². The molecule has 1 N–H and O–H groups in total. The molecule has 0 heterocycles. The average molecular weight is 430 g/mol. The standard InChI is InChI=1S/C13H9BrCl3NO2S/c1-7-4-9(14)12(6-11(7)17)18-21(19,20)13-5-8(15)2-3-10(13)16/h2-6,18H,1H3. The van der Waals surface area contributed by atoms with Crippen LogP contribution in [0, 0.1) is 6.92 Å². The molecule has 0 aliphatic rings. The van der Waals surface area contributed by atoms with Crippen LogP contribution in [0.25, 0.3) is 0 Å². The molecule has 0 aliphatic heterocycles. The summed E-state index contributed by atoms with van der Waals surface area (Å²) in [6.45, 7) is 1.82. The van der Waals surface area contributed by atoms with Gasteiger partial charge in [0.15, 0.2) is 0 Å². The van der Waals surface area contributed by atoms with Gasteiger partial charge in [0.25, 0.3) is 10.0 Å². The fraction of sp³-hybridized carbons (Fsp3) is 0.0769. The Morgan fingerprint density at radius 2 is 1.71 bits per heavy atom. The van der Waals surface area contributed by atoms with Crippen molar-refractivity contribution < 1.29 is 8.42 Å². The molecular formula is C13H9BrCl3NO2S. The molecule has 2 aromatic rings. The van der Waals surface area contributed by atoms with Crippen molar-refractivity contribution in [1.29, 1.82) is 0 Å². The zero-order valence-corrected chi connectivity index (χ0v) is 15.3. The molecule has 3 nitrogen and oxygen atoms in total. The highest BCUT2D eigenvalue weighted by molar-refractivity contribution is 9.10. The van der Waals surface area contributed by atoms with E-state index >= 15 is 0 Å². The molecule has 0 saturated heterocycles. The molecular weight excluding hydrogens is 420 g/mol. The van der Waals surface area contributed by atoms with Crippen LogP contribution in [-0.4, -0.2) is 8.42 Å². The summed E-state index contributed by atoms with van der Waals surface area (Å²) in [5.41, 5.74) is 1.15. The summed E-state index contributed by atoms with van der Waals surface area (Å²) < 4.78 is 27.8. The highest BCUT2D eigenvalue weighted by Gasteiger charge is 2.20. The molecule has 2 rings (SSSR count). The molecule has 8 heteroatoms. The van der Waals surface area contributed by atoms with Gasteiger partial charge in [0.05, 0.1) is 10.7 Å². The van der Waals surface area contributed by atoms with Crippen LogP contribution in [0.15, 0.2) is 39.7 Å². The van der Waals surface area contributed by atoms with E-state index in [2.05, 4.69) is 20.7 Å². The van der Waals surface area contributed by atoms with Crippen LogP contribution in [0.1, 0.15) is 5.56 Å². The van der Waals surface area contributed by atoms with Crippen molar-refractivity contribution in [3.8, 4) is 0 Å². The minimum Gasteiger partial charge on any atom is -0.278 e. The third kappa shape index (κ3) is 3.85. The fourth-order valence-corrected chi connectivity index (χ4v) is 4.29. The van der Waals surface area contributed by atoms with Gasteiger partial charge in [-0.15, -0.1) is 0 Å². The van der Waals surface area contributed by atoms with Crippen molar-refractivity contribution >= 4 is 66.4 Å². The molecule has 0 fully saturated rings. The Kier molecular flexibility index (Phi) is 5.11. The van der Waals surface area contributed by atoms with Crippen molar-refractivity contribution in [3.63, 3.8) is 0 Å². The monoisotopic (exact) mass is 427 g/mol. The van der Waals surface area contributed by atoms with Gasteiger partial charge in [0, 0.05) is 14.5 Å². The lowest BCUT2D eigenvalue weighted by molar-refractivity contribution is 0.601. The molecule has 0 aliphatic carbocycles. The highest BCUT2D eigenvalue weighted by atomic mass is 79.9. The summed E-state index contributed by atoms with van der Waals surface area (Å²) in [5, 5.41) is 0.815. The summed E-state index contributed by atoms with van der Waals surface area (Å²) >= 11 is 21.1. The number of halogens is 4. The first kappa shape index (κ1) is 16.9. The van der Waals surface area contributed by atoms with Gasteiger partial charge in [-0.05, 0) is 58.7 Å². The molecule has 0 bridgehead atoms. The maximum Gasteiger partial charge on any atom is 0.263 e. The number of benzene rings is 2. The molecule has 2 aromatic carbocycles. The minimum absolute atomic E-state index is 0.0845. The fourth-order valence-electron chi connectivity index (χ4n) is 1.61. The lowest BCUT2D eigenvalue weighted by Gasteiger charge is -2.12. The van der Waals surface area contributed by atoms with Crippen LogP contribution >= 0.6 is 50.7 Å². The Labute approximate surface area is 146 Å². The van der Waals surface area contributed by atoms with E-state index in [9.17, 15) is 8.42 Å². The Morgan fingerprint density at radius 1 is 1.05 bits per heavy atom. The van der Waals surface area contributed by atoms with E-state index in [0.717, 1.165) is 5.56 Å². The van der Waals surface area contributed by atoms with Gasteiger partial charge in [-0.3, -0.25) is 4.72 Å². The summed E-state index contributed by atoms with van der Waals surface area (Å²) in [5.74, 6) is 0. The lowest BCUT2D eigenvalue weighted by atomic mass is 10.2. The number of hydrogen-bond donors (Lipinski definition) is 1. The highest BCUT2D eigenvalue weighted by Crippen LogP contribution is 2.32. The SMILES string of the molecule is Cc1cc(Br)c(NS(=O)(=O)c2cc(Cl)ccc2Cl)cc1Cl. The Bertz CT molecular complexity index is 809. The van der Waals surface area contributed by atoms with Gasteiger partial charge in [-0.2, -0.15) is 0 Å². The summed E-state index contributed by atoms with van der Waals surface area (Å²) in [7, 11) is -3.87. The number of aryl methyl sites for hydroxylation is 1. The van der Waals surface area contributed by atoms with Crippen molar-refractivity contribution in [2.75, 3.05) is 4.72 Å². The summed E-state index contributed by atoms with van der Waals surface area (Å²) in [4.78, 5) is -0.0970. The van der Waals surface area contributed by atoms with Gasteiger partial charge >= 0.3 is 0 Å². The van der Waals surface area contributed by atoms with Gasteiger partial charge < -0.3 is 0 Å². The van der Waals surface area contributed by atoms with Crippen molar-refractivity contribution in [3.05, 3.63) is 55.4 Å². The number of sulfonamides is 1. The lowest BCUT2D eigenvalue weighted by Crippen LogP contribution is -2.14. The molecule has 112 valence electrons. The molecule has 0 saturated carbocycles. The second-order valence-electron chi connectivity index (χ2n) is 4.26. The molecule has 0 spiro atoms. The van der Waals surface area contributed by atoms with E-state index in [1.165, 1.54) is 24.3 Å². The molecule has 0 aromatic heterocycles. The molecule has 0 atom stereocenters. The van der Waals surface area contributed by atoms with Crippen LogP contribution in [0.2, 0.25) is 15.1 Å². The van der Waals surface area contributed by atoms with Crippen molar-refractivity contribution in [1.82, 2.24) is 0 Å². The Morgan fingerprint density at radius 3 is 2.38 bits per heavy atom. The maximum atomic E-state index is 12.4. The Balaban J connectivity index is 2.47. The number of nitrogens with one attached hydrogen (secondary N) is 1. The van der Waals surface area contributed by atoms with Crippen molar-refractivity contribution in [2.24, 2.45) is 0 Å². The van der Waals surface area contributed by atoms with E-state index in [0.29, 0.717) is 15.2 Å². The minimum atomic E-state index is -3.87. The van der Waals surface area contributed by atoms with Gasteiger partial charge in [-0.25, -0.2) is 8.42 Å². The zero-order valence-electron chi connectivity index (χ0n) is 10.6. The predicted octanol–water partition coefficient (Wildman–Crippen LogP) is 5.52. The van der Waals surface area contributed by atoms with E-state index in [1.807, 2.05) is 6.92 Å². The average Bonchev–Trinajstić information content (AvgIpc) is 2.38. The normalized spacial score (nSPS) is 11.5. The third-order valence-corrected chi connectivity index (χ3v) is 5.82. The largest absolute Gasteiger partial charge is 0.278 e. The van der Waals surface area contributed by atoms with Gasteiger partial charge in [-0.1, -0.05) is 34.8 Å². The van der Waals surface area contributed by atoms with Crippen LogP contribution in [-0.2, 0) is 10.0 Å². The zero-order chi connectivity index (χ0) is 15.8. The van der Waals surface area contributed by atoms with Crippen LogP contribution in [0.3, 0.4) is 0 Å². The molecule has 21 heavy (non-hydrogen) atoms. The first-order chi connectivity index (χ1) is 9.70. The smallest absolute Gasteiger partial charge is 0.263 e. The quantitative estimate of drug-likeness (QED) is 0.698. The third-order valence-electron chi connectivity index (χ3n) is 2.68. The second-order valence-corrected chi connectivity index (χ2v) is 8.02. The Hall–Kier alpha value is -0.460. The number of hydrogen-bond acceptors (Lipinski definition) is 2. The van der Waals surface area contributed by atoms with Gasteiger partial charge in [0.1, 0.15) is 4.90 Å². The van der Waals surface area contributed by atoms with Crippen molar-refractivity contribution in [2.45, 2.75) is 11.8 Å². The molecule has 0 unspecified atom stereocenters. The van der Waals surface area contributed by atoms with E-state index in [1.54, 1.807) is 6.07 Å². The van der Waals surface area contributed by atoms with Crippen LogP contribution < -0.4 is 4.72 Å². The second kappa shape index (κ2) is 6.34. The predicted molar refractivity (Wildman–Crippen MR) is 91.2 cm³/mol. The summed E-state index contributed by atoms with van der Waals surface area (Å²) in [6.07, 6.45) is 0. The number of rotatable bonds is 3. The maximum absolute atomic E-state index is 12.4. The van der Waals surface area contributed by atoms with E-state index < -0.39 is 10.0 Å². The summed E-state index contributed by atoms with van der Waals surface area (Å²) in [6, 6.07) is 7.48. The number of anilines is 1.